The lowest BCUT2D eigenvalue weighted by Gasteiger charge is -2.40. The van der Waals surface area contributed by atoms with E-state index in [9.17, 15) is 30.3 Å². The Labute approximate surface area is 302 Å². The average Bonchev–Trinajstić information content (AvgIpc) is 3.11. The number of aliphatic hydroxyl groups is 5. The maximum Gasteiger partial charge on any atom is 0.220 e. The van der Waals surface area contributed by atoms with Crippen molar-refractivity contribution in [2.75, 3.05) is 13.2 Å². The summed E-state index contributed by atoms with van der Waals surface area (Å²) < 4.78 is 11.1. The maximum absolute atomic E-state index is 12.8. The minimum Gasteiger partial charge on any atom is -0.394 e. The van der Waals surface area contributed by atoms with Crippen LogP contribution in [0, 0.1) is 0 Å². The van der Waals surface area contributed by atoms with Crippen LogP contribution in [0.5, 0.6) is 0 Å². The fourth-order valence-corrected chi connectivity index (χ4v) is 5.39. The van der Waals surface area contributed by atoms with Crippen LogP contribution in [0.2, 0.25) is 0 Å². The summed E-state index contributed by atoms with van der Waals surface area (Å²) in [6, 6.07) is -0.835. The molecule has 9 nitrogen and oxygen atoms in total. The molecule has 1 fully saturated rings. The van der Waals surface area contributed by atoms with E-state index in [0.29, 0.717) is 6.42 Å². The number of carbonyl (C=O) groups is 1. The van der Waals surface area contributed by atoms with Crippen molar-refractivity contribution in [1.82, 2.24) is 5.32 Å². The molecule has 9 heteroatoms. The highest BCUT2D eigenvalue weighted by Gasteiger charge is 2.44. The number of rotatable bonds is 29. The van der Waals surface area contributed by atoms with Crippen LogP contribution in [0.25, 0.3) is 0 Å². The van der Waals surface area contributed by atoms with Gasteiger partial charge in [-0.15, -0.1) is 0 Å². The van der Waals surface area contributed by atoms with E-state index >= 15 is 0 Å². The minimum atomic E-state index is -1.58. The van der Waals surface area contributed by atoms with Crippen LogP contribution in [-0.4, -0.2) is 87.5 Å². The van der Waals surface area contributed by atoms with Gasteiger partial charge in [-0.2, -0.15) is 0 Å². The van der Waals surface area contributed by atoms with Gasteiger partial charge in [0.1, 0.15) is 24.4 Å². The van der Waals surface area contributed by atoms with Crippen LogP contribution in [-0.2, 0) is 14.3 Å². The first-order valence-electron chi connectivity index (χ1n) is 19.2. The first-order chi connectivity index (χ1) is 24.3. The van der Waals surface area contributed by atoms with E-state index in [1.807, 2.05) is 6.08 Å². The quantitative estimate of drug-likeness (QED) is 0.0375. The number of hydrogen-bond acceptors (Lipinski definition) is 8. The average molecular weight is 704 g/mol. The molecule has 0 aliphatic carbocycles. The maximum atomic E-state index is 12.8. The molecule has 1 amide bonds. The second-order valence-corrected chi connectivity index (χ2v) is 13.0. The smallest absolute Gasteiger partial charge is 0.220 e. The number of aliphatic hydroxyl groups excluding tert-OH is 5. The van der Waals surface area contributed by atoms with Gasteiger partial charge in [0.15, 0.2) is 6.29 Å². The molecule has 7 atom stereocenters. The summed E-state index contributed by atoms with van der Waals surface area (Å²) in [5.74, 6) is -0.218. The van der Waals surface area contributed by atoms with E-state index in [0.717, 1.165) is 77.0 Å². The number of amides is 1. The van der Waals surface area contributed by atoms with Gasteiger partial charge in [-0.3, -0.25) is 4.79 Å². The van der Waals surface area contributed by atoms with Gasteiger partial charge in [-0.05, 0) is 70.6 Å². The molecule has 0 aromatic rings. The highest BCUT2D eigenvalue weighted by molar-refractivity contribution is 5.76. The SMILES string of the molecule is CC/C=C\C/C=C\C/C=C\C/C=C\CCCCCCC(=O)NC(COC1OC(CO)C(O)C(O)C1O)C(O)/C=C/CC/C=C/CCCCCC. The lowest BCUT2D eigenvalue weighted by atomic mass is 9.99. The van der Waals surface area contributed by atoms with Gasteiger partial charge in [0, 0.05) is 6.42 Å². The zero-order valence-electron chi connectivity index (χ0n) is 30.9. The summed E-state index contributed by atoms with van der Waals surface area (Å²) in [6.45, 7) is 3.54. The molecule has 50 heavy (non-hydrogen) atoms. The Morgan fingerprint density at radius 3 is 1.90 bits per heavy atom. The summed E-state index contributed by atoms with van der Waals surface area (Å²) in [7, 11) is 0. The topological polar surface area (TPSA) is 149 Å². The molecule has 0 saturated carbocycles. The monoisotopic (exact) mass is 704 g/mol. The lowest BCUT2D eigenvalue weighted by molar-refractivity contribution is -0.302. The minimum absolute atomic E-state index is 0.216. The summed E-state index contributed by atoms with van der Waals surface area (Å²) in [5.41, 5.74) is 0. The zero-order valence-corrected chi connectivity index (χ0v) is 30.9. The number of carbonyl (C=O) groups excluding carboxylic acids is 1. The zero-order chi connectivity index (χ0) is 36.7. The summed E-state index contributed by atoms with van der Waals surface area (Å²) in [6.07, 6.45) is 33.8. The Morgan fingerprint density at radius 2 is 1.26 bits per heavy atom. The van der Waals surface area contributed by atoms with Gasteiger partial charge in [0.25, 0.3) is 0 Å². The molecular formula is C41H69NO8. The van der Waals surface area contributed by atoms with Crippen molar-refractivity contribution in [3.63, 3.8) is 0 Å². The second kappa shape index (κ2) is 31.4. The first kappa shape index (κ1) is 45.7. The van der Waals surface area contributed by atoms with Crippen molar-refractivity contribution in [2.45, 2.75) is 166 Å². The van der Waals surface area contributed by atoms with Crippen molar-refractivity contribution in [3.05, 3.63) is 72.9 Å². The van der Waals surface area contributed by atoms with Crippen molar-refractivity contribution in [3.8, 4) is 0 Å². The Hall–Kier alpha value is -2.37. The molecule has 1 heterocycles. The predicted molar refractivity (Wildman–Crippen MR) is 202 cm³/mol. The highest BCUT2D eigenvalue weighted by atomic mass is 16.7. The number of hydrogen-bond donors (Lipinski definition) is 6. The Kier molecular flexibility index (Phi) is 28.6. The van der Waals surface area contributed by atoms with Crippen molar-refractivity contribution < 1.29 is 39.8 Å². The molecule has 1 saturated heterocycles. The third-order valence-electron chi connectivity index (χ3n) is 8.51. The molecule has 0 spiro atoms. The van der Waals surface area contributed by atoms with Crippen LogP contribution in [0.4, 0.5) is 0 Å². The van der Waals surface area contributed by atoms with E-state index in [-0.39, 0.29) is 12.5 Å². The van der Waals surface area contributed by atoms with Crippen molar-refractivity contribution >= 4 is 5.91 Å². The van der Waals surface area contributed by atoms with Crippen molar-refractivity contribution in [1.29, 1.82) is 0 Å². The molecule has 1 aliphatic rings. The molecule has 0 aromatic heterocycles. The van der Waals surface area contributed by atoms with Gasteiger partial charge in [-0.1, -0.05) is 119 Å². The second-order valence-electron chi connectivity index (χ2n) is 13.0. The van der Waals surface area contributed by atoms with Crippen molar-refractivity contribution in [2.24, 2.45) is 0 Å². The number of nitrogens with one attached hydrogen (secondary N) is 1. The third kappa shape index (κ3) is 22.4. The predicted octanol–water partition coefficient (Wildman–Crippen LogP) is 6.66. The molecule has 7 unspecified atom stereocenters. The highest BCUT2D eigenvalue weighted by Crippen LogP contribution is 2.22. The Morgan fingerprint density at radius 1 is 0.700 bits per heavy atom. The van der Waals surface area contributed by atoms with Crippen LogP contribution < -0.4 is 5.32 Å². The summed E-state index contributed by atoms with van der Waals surface area (Å²) >= 11 is 0. The van der Waals surface area contributed by atoms with E-state index in [1.165, 1.54) is 25.7 Å². The molecule has 1 aliphatic heterocycles. The summed E-state index contributed by atoms with van der Waals surface area (Å²) in [4.78, 5) is 12.8. The standard InChI is InChI=1S/C41H69NO8/c1-3-5-7-9-11-13-15-16-17-18-19-20-21-23-25-27-29-31-37(45)42-34(33-49-41-40(48)39(47)38(46)36(32-43)50-41)35(44)30-28-26-24-22-14-12-10-8-6-4-2/h5,7,11,13-14,16-17,19-20,22,28,30,34-36,38-41,43-44,46-48H,3-4,6,8-10,12,15,18,21,23-27,29,31-33H2,1-2H3,(H,42,45)/b7-5-,13-11-,17-16-,20-19-,22-14+,30-28+. The third-order valence-corrected chi connectivity index (χ3v) is 8.51. The van der Waals surface area contributed by atoms with Gasteiger partial charge < -0.3 is 40.3 Å². The van der Waals surface area contributed by atoms with Crippen LogP contribution in [0.1, 0.15) is 123 Å². The van der Waals surface area contributed by atoms with E-state index in [2.05, 4.69) is 79.9 Å². The number of unbranched alkanes of at least 4 members (excludes halogenated alkanes) is 9. The Bertz CT molecular complexity index is 1000. The van der Waals surface area contributed by atoms with Crippen LogP contribution in [0.15, 0.2) is 72.9 Å². The first-order valence-corrected chi connectivity index (χ1v) is 19.2. The molecule has 1 rings (SSSR count). The molecule has 0 radical (unpaired) electrons. The van der Waals surface area contributed by atoms with Gasteiger partial charge in [0.05, 0.1) is 25.4 Å². The lowest BCUT2D eigenvalue weighted by Crippen LogP contribution is -2.60. The molecule has 286 valence electrons. The largest absolute Gasteiger partial charge is 0.394 e. The van der Waals surface area contributed by atoms with E-state index in [1.54, 1.807) is 6.08 Å². The fourth-order valence-electron chi connectivity index (χ4n) is 5.39. The number of ether oxygens (including phenoxy) is 2. The normalized spacial score (nSPS) is 23.1. The molecule has 6 N–H and O–H groups in total. The van der Waals surface area contributed by atoms with Gasteiger partial charge in [0.2, 0.25) is 5.91 Å². The molecule has 0 aromatic carbocycles. The van der Waals surface area contributed by atoms with Gasteiger partial charge >= 0.3 is 0 Å². The van der Waals surface area contributed by atoms with Crippen LogP contribution in [0.3, 0.4) is 0 Å². The molecule has 0 bridgehead atoms. The van der Waals surface area contributed by atoms with Crippen LogP contribution >= 0.6 is 0 Å². The van der Waals surface area contributed by atoms with E-state index < -0.39 is 49.5 Å². The summed E-state index contributed by atoms with van der Waals surface area (Å²) in [5, 5.41) is 53.8. The van der Waals surface area contributed by atoms with Gasteiger partial charge in [-0.25, -0.2) is 0 Å². The van der Waals surface area contributed by atoms with E-state index in [4.69, 9.17) is 9.47 Å². The molecular weight excluding hydrogens is 634 g/mol. The fraction of sp³-hybridized carbons (Fsp3) is 0.683. The number of allylic oxidation sites excluding steroid dienone is 11. The Balaban J connectivity index is 2.48.